The molecule has 1 aliphatic rings. The fourth-order valence-electron chi connectivity index (χ4n) is 4.08. The Hall–Kier alpha value is -1.36. The van der Waals surface area contributed by atoms with Crippen LogP contribution in [0.5, 0.6) is 0 Å². The first-order valence-electron chi connectivity index (χ1n) is 9.26. The van der Waals surface area contributed by atoms with E-state index in [0.717, 1.165) is 17.6 Å². The number of carbonyl (C=O) groups is 1. The number of nitrogens with zero attached hydrogens (tertiary/aromatic N) is 1. The van der Waals surface area contributed by atoms with Gasteiger partial charge in [-0.05, 0) is 37.6 Å². The summed E-state index contributed by atoms with van der Waals surface area (Å²) in [5.41, 5.74) is 2.32. The van der Waals surface area contributed by atoms with E-state index >= 15 is 0 Å². The van der Waals surface area contributed by atoms with Gasteiger partial charge >= 0.3 is 0 Å². The number of ketones is 1. The van der Waals surface area contributed by atoms with E-state index in [0.29, 0.717) is 22.9 Å². The highest BCUT2D eigenvalue weighted by Crippen LogP contribution is 2.30. The van der Waals surface area contributed by atoms with E-state index < -0.39 is 0 Å². The second-order valence-electron chi connectivity index (χ2n) is 7.04. The molecule has 2 heterocycles. The Bertz CT molecular complexity index is 735. The van der Waals surface area contributed by atoms with E-state index in [-0.39, 0.29) is 18.4 Å². The third kappa shape index (κ3) is 3.91. The molecule has 136 valence electrons. The summed E-state index contributed by atoms with van der Waals surface area (Å²) in [4.78, 5) is 13.2. The number of Topliss-reactive ketones (excluding diaryl/α,β-unsaturated/α-hetero) is 1. The zero-order chi connectivity index (χ0) is 17.8. The van der Waals surface area contributed by atoms with Crippen molar-refractivity contribution in [3.63, 3.8) is 0 Å². The summed E-state index contributed by atoms with van der Waals surface area (Å²) in [6.45, 7) is 0.0454. The third-order valence-corrected chi connectivity index (χ3v) is 5.72. The van der Waals surface area contributed by atoms with Crippen LogP contribution in [0, 0.1) is 5.92 Å². The van der Waals surface area contributed by atoms with Crippen molar-refractivity contribution in [1.29, 1.82) is 0 Å². The monoisotopic (exact) mass is 362 g/mol. The lowest BCUT2D eigenvalue weighted by Gasteiger charge is -2.25. The van der Waals surface area contributed by atoms with Gasteiger partial charge in [0.2, 0.25) is 0 Å². The summed E-state index contributed by atoms with van der Waals surface area (Å²) in [7, 11) is 1.86. The van der Waals surface area contributed by atoms with Gasteiger partial charge in [-0.2, -0.15) is 0 Å². The summed E-state index contributed by atoms with van der Waals surface area (Å²) in [5.74, 6) is 0.722. The van der Waals surface area contributed by atoms with Gasteiger partial charge in [0.1, 0.15) is 0 Å². The Morgan fingerprint density at radius 2 is 2.16 bits per heavy atom. The topological polar surface area (TPSA) is 53.7 Å². The highest BCUT2D eigenvalue weighted by Gasteiger charge is 2.27. The number of fused-ring (bicyclic) bond motifs is 1. The van der Waals surface area contributed by atoms with Crippen LogP contribution in [0.15, 0.2) is 24.4 Å². The number of halogens is 1. The highest BCUT2D eigenvalue weighted by atomic mass is 35.5. The van der Waals surface area contributed by atoms with Gasteiger partial charge in [-0.3, -0.25) is 4.79 Å². The lowest BCUT2D eigenvalue weighted by atomic mass is 9.83. The molecule has 25 heavy (non-hydrogen) atoms. The second kappa shape index (κ2) is 8.35. The van der Waals surface area contributed by atoms with Crippen LogP contribution < -0.4 is 5.32 Å². The molecule has 3 rings (SSSR count). The van der Waals surface area contributed by atoms with E-state index in [2.05, 4.69) is 5.32 Å². The van der Waals surface area contributed by atoms with Gasteiger partial charge in [0.15, 0.2) is 5.78 Å². The van der Waals surface area contributed by atoms with Crippen molar-refractivity contribution in [2.45, 2.75) is 51.0 Å². The van der Waals surface area contributed by atoms with Gasteiger partial charge < -0.3 is 14.8 Å². The van der Waals surface area contributed by atoms with Crippen LogP contribution in [-0.4, -0.2) is 35.0 Å². The number of pyridine rings is 1. The summed E-state index contributed by atoms with van der Waals surface area (Å²) >= 11 is 6.40. The molecule has 1 atom stereocenters. The van der Waals surface area contributed by atoms with Crippen molar-refractivity contribution in [2.24, 2.45) is 5.92 Å². The minimum absolute atomic E-state index is 0.0454. The quantitative estimate of drug-likeness (QED) is 0.735. The van der Waals surface area contributed by atoms with E-state index in [1.165, 1.54) is 32.1 Å². The maximum atomic E-state index is 13.2. The zero-order valence-corrected chi connectivity index (χ0v) is 15.6. The van der Waals surface area contributed by atoms with Gasteiger partial charge in [-0.25, -0.2) is 0 Å². The molecule has 0 radical (unpaired) electrons. The van der Waals surface area contributed by atoms with E-state index in [1.54, 1.807) is 0 Å². The lowest BCUT2D eigenvalue weighted by molar-refractivity contribution is 0.0928. The SMILES string of the molecule is CNC(CC1CCCCC1)C(=O)c1cc(CCO)n2cccc(Cl)c12. The average molecular weight is 363 g/mol. The molecule has 2 N–H and O–H groups in total. The lowest BCUT2D eigenvalue weighted by Crippen LogP contribution is -2.36. The number of hydrogen-bond donors (Lipinski definition) is 2. The number of likely N-dealkylation sites (N-methyl/N-ethyl adjacent to an activating group) is 1. The smallest absolute Gasteiger partial charge is 0.181 e. The van der Waals surface area contributed by atoms with Crippen molar-refractivity contribution in [3.05, 3.63) is 40.7 Å². The molecule has 2 aromatic heterocycles. The van der Waals surface area contributed by atoms with Gasteiger partial charge in [0.05, 0.1) is 16.6 Å². The summed E-state index contributed by atoms with van der Waals surface area (Å²) in [6.07, 6.45) is 9.59. The highest BCUT2D eigenvalue weighted by molar-refractivity contribution is 6.35. The van der Waals surface area contributed by atoms with Crippen molar-refractivity contribution in [3.8, 4) is 0 Å². The standard InChI is InChI=1S/C20H27ClN2O2/c1-22-18(12-14-6-3-2-4-7-14)20(25)16-13-15(9-11-24)23-10-5-8-17(21)19(16)23/h5,8,10,13-14,18,22,24H,2-4,6-7,9,11-12H2,1H3. The van der Waals surface area contributed by atoms with Crippen molar-refractivity contribution in [1.82, 2.24) is 9.72 Å². The van der Waals surface area contributed by atoms with E-state index in [9.17, 15) is 9.90 Å². The molecule has 2 aromatic rings. The molecular formula is C20H27ClN2O2. The van der Waals surface area contributed by atoms with Crippen molar-refractivity contribution < 1.29 is 9.90 Å². The predicted molar refractivity (Wildman–Crippen MR) is 102 cm³/mol. The molecule has 0 amide bonds. The third-order valence-electron chi connectivity index (χ3n) is 5.41. The fourth-order valence-corrected chi connectivity index (χ4v) is 4.34. The Kier molecular flexibility index (Phi) is 6.15. The molecule has 1 saturated carbocycles. The van der Waals surface area contributed by atoms with Crippen LogP contribution >= 0.6 is 11.6 Å². The number of rotatable bonds is 7. The normalized spacial score (nSPS) is 17.1. The molecule has 0 saturated heterocycles. The molecule has 0 bridgehead atoms. The number of carbonyl (C=O) groups excluding carboxylic acids is 1. The molecule has 0 aliphatic heterocycles. The van der Waals surface area contributed by atoms with Crippen LogP contribution in [0.1, 0.15) is 54.6 Å². The maximum absolute atomic E-state index is 13.2. The van der Waals surface area contributed by atoms with Gasteiger partial charge in [0.25, 0.3) is 0 Å². The molecule has 1 aliphatic carbocycles. The van der Waals surface area contributed by atoms with Crippen molar-refractivity contribution in [2.75, 3.05) is 13.7 Å². The Labute approximate surface area is 154 Å². The predicted octanol–water partition coefficient (Wildman–Crippen LogP) is 3.87. The Balaban J connectivity index is 1.91. The summed E-state index contributed by atoms with van der Waals surface area (Å²) in [5, 5.41) is 13.1. The summed E-state index contributed by atoms with van der Waals surface area (Å²) < 4.78 is 1.93. The Morgan fingerprint density at radius 3 is 2.84 bits per heavy atom. The zero-order valence-electron chi connectivity index (χ0n) is 14.8. The number of aromatic nitrogens is 1. The van der Waals surface area contributed by atoms with Gasteiger partial charge in [0, 0.05) is 30.5 Å². The molecule has 5 heteroatoms. The fraction of sp³-hybridized carbons (Fsp3) is 0.550. The molecule has 1 fully saturated rings. The first-order valence-corrected chi connectivity index (χ1v) is 9.64. The summed E-state index contributed by atoms with van der Waals surface area (Å²) in [6, 6.07) is 5.38. The number of hydrogen-bond acceptors (Lipinski definition) is 3. The first-order chi connectivity index (χ1) is 12.2. The maximum Gasteiger partial charge on any atom is 0.181 e. The minimum atomic E-state index is -0.187. The largest absolute Gasteiger partial charge is 0.396 e. The second-order valence-corrected chi connectivity index (χ2v) is 7.45. The first kappa shape index (κ1) is 18.4. The van der Waals surface area contributed by atoms with E-state index in [1.807, 2.05) is 35.8 Å². The average Bonchev–Trinajstić information content (AvgIpc) is 3.00. The van der Waals surface area contributed by atoms with Crippen LogP contribution in [0.25, 0.3) is 5.52 Å². The minimum Gasteiger partial charge on any atom is -0.396 e. The van der Waals surface area contributed by atoms with Crippen LogP contribution in [0.3, 0.4) is 0 Å². The number of aliphatic hydroxyl groups is 1. The van der Waals surface area contributed by atoms with Gasteiger partial charge in [-0.15, -0.1) is 0 Å². The Morgan fingerprint density at radius 1 is 1.40 bits per heavy atom. The number of aliphatic hydroxyl groups excluding tert-OH is 1. The molecule has 0 aromatic carbocycles. The van der Waals surface area contributed by atoms with Crippen LogP contribution in [0.2, 0.25) is 5.02 Å². The van der Waals surface area contributed by atoms with Crippen LogP contribution in [-0.2, 0) is 6.42 Å². The van der Waals surface area contributed by atoms with Crippen LogP contribution in [0.4, 0.5) is 0 Å². The molecule has 0 spiro atoms. The van der Waals surface area contributed by atoms with Gasteiger partial charge in [-0.1, -0.05) is 43.7 Å². The van der Waals surface area contributed by atoms with E-state index in [4.69, 9.17) is 11.6 Å². The van der Waals surface area contributed by atoms with Crippen molar-refractivity contribution >= 4 is 22.9 Å². The molecule has 1 unspecified atom stereocenters. The molecule has 4 nitrogen and oxygen atoms in total. The number of nitrogens with one attached hydrogen (secondary N) is 1. The molecular weight excluding hydrogens is 336 g/mol.